The molecule has 0 aromatic carbocycles. The molecule has 4 nitrogen and oxygen atoms in total. The molecule has 1 N–H and O–H groups in total. The zero-order valence-corrected chi connectivity index (χ0v) is 13.0. The van der Waals surface area contributed by atoms with E-state index in [1.807, 2.05) is 0 Å². The largest absolute Gasteiger partial charge is 0.301 e. The lowest BCUT2D eigenvalue weighted by molar-refractivity contribution is 0.159. The maximum Gasteiger partial charge on any atom is 0.250 e. The third kappa shape index (κ3) is 4.27. The second-order valence-electron chi connectivity index (χ2n) is 5.06. The lowest BCUT2D eigenvalue weighted by Crippen LogP contribution is -2.39. The molecule has 0 spiro atoms. The van der Waals surface area contributed by atoms with E-state index in [4.69, 9.17) is 0 Å². The van der Waals surface area contributed by atoms with Gasteiger partial charge in [0.25, 0.3) is 0 Å². The summed E-state index contributed by atoms with van der Waals surface area (Å²) in [6, 6.07) is 4.04. The minimum atomic E-state index is -3.28. The van der Waals surface area contributed by atoms with Crippen LogP contribution in [-0.4, -0.2) is 39.0 Å². The molecule has 1 aromatic heterocycles. The van der Waals surface area contributed by atoms with E-state index in [-0.39, 0.29) is 0 Å². The van der Waals surface area contributed by atoms with E-state index in [2.05, 4.69) is 16.5 Å². The van der Waals surface area contributed by atoms with E-state index >= 15 is 0 Å². The standard InChI is InChI=1S/C13H22N2O2S2/c1-12-6-2-3-9-15(12)10-5-8-14-19(16,17)13-7-4-11-18-13/h4,7,11-12,14H,2-3,5-6,8-10H2,1H3. The van der Waals surface area contributed by atoms with Crippen LogP contribution in [0.3, 0.4) is 0 Å². The molecule has 108 valence electrons. The Labute approximate surface area is 119 Å². The number of nitrogens with one attached hydrogen (secondary N) is 1. The van der Waals surface area contributed by atoms with Gasteiger partial charge in [-0.25, -0.2) is 13.1 Å². The van der Waals surface area contributed by atoms with Crippen molar-refractivity contribution in [1.29, 1.82) is 0 Å². The first-order valence-corrected chi connectivity index (χ1v) is 9.23. The van der Waals surface area contributed by atoms with Gasteiger partial charge in [0.05, 0.1) is 0 Å². The maximum atomic E-state index is 11.9. The molecule has 19 heavy (non-hydrogen) atoms. The third-order valence-corrected chi connectivity index (χ3v) is 6.47. The van der Waals surface area contributed by atoms with Gasteiger partial charge in [0.2, 0.25) is 10.0 Å². The van der Waals surface area contributed by atoms with Crippen LogP contribution in [0.25, 0.3) is 0 Å². The molecule has 1 aromatic rings. The minimum Gasteiger partial charge on any atom is -0.301 e. The zero-order valence-electron chi connectivity index (χ0n) is 11.3. The van der Waals surface area contributed by atoms with Crippen LogP contribution in [0.1, 0.15) is 32.6 Å². The summed E-state index contributed by atoms with van der Waals surface area (Å²) in [6.07, 6.45) is 4.73. The minimum absolute atomic E-state index is 0.402. The van der Waals surface area contributed by atoms with Gasteiger partial charge in [0.1, 0.15) is 4.21 Å². The molecule has 1 aliphatic heterocycles. The molecule has 0 radical (unpaired) electrons. The Morgan fingerprint density at radius 2 is 2.32 bits per heavy atom. The summed E-state index contributed by atoms with van der Waals surface area (Å²) >= 11 is 1.26. The number of likely N-dealkylation sites (tertiary alicyclic amines) is 1. The Hall–Kier alpha value is -0.430. The van der Waals surface area contributed by atoms with Crippen molar-refractivity contribution in [2.75, 3.05) is 19.6 Å². The number of nitrogens with zero attached hydrogens (tertiary/aromatic N) is 1. The Morgan fingerprint density at radius 1 is 1.47 bits per heavy atom. The lowest BCUT2D eigenvalue weighted by Gasteiger charge is -2.33. The van der Waals surface area contributed by atoms with E-state index < -0.39 is 10.0 Å². The predicted octanol–water partition coefficient (Wildman–Crippen LogP) is 2.29. The highest BCUT2D eigenvalue weighted by atomic mass is 32.2. The fourth-order valence-electron chi connectivity index (χ4n) is 2.47. The van der Waals surface area contributed by atoms with Gasteiger partial charge >= 0.3 is 0 Å². The first-order valence-electron chi connectivity index (χ1n) is 6.87. The number of piperidine rings is 1. The smallest absolute Gasteiger partial charge is 0.250 e. The van der Waals surface area contributed by atoms with Crippen molar-refractivity contribution in [3.63, 3.8) is 0 Å². The molecule has 6 heteroatoms. The average Bonchev–Trinajstić information content (AvgIpc) is 2.91. The summed E-state index contributed by atoms with van der Waals surface area (Å²) in [6.45, 7) is 4.91. The van der Waals surface area contributed by atoms with Crippen LogP contribution in [0.4, 0.5) is 0 Å². The van der Waals surface area contributed by atoms with Gasteiger partial charge in [0, 0.05) is 12.6 Å². The van der Waals surface area contributed by atoms with Gasteiger partial charge in [-0.05, 0) is 50.7 Å². The first-order chi connectivity index (χ1) is 9.09. The number of sulfonamides is 1. The molecule has 1 atom stereocenters. The van der Waals surface area contributed by atoms with Gasteiger partial charge in [-0.15, -0.1) is 11.3 Å². The second kappa shape index (κ2) is 6.83. The SMILES string of the molecule is CC1CCCCN1CCCNS(=O)(=O)c1cccs1. The van der Waals surface area contributed by atoms with Crippen molar-refractivity contribution in [1.82, 2.24) is 9.62 Å². The normalized spacial score (nSPS) is 21.6. The van der Waals surface area contributed by atoms with Crippen molar-refractivity contribution in [2.24, 2.45) is 0 Å². The molecule has 0 aliphatic carbocycles. The summed E-state index contributed by atoms with van der Waals surface area (Å²) in [4.78, 5) is 2.46. The van der Waals surface area contributed by atoms with Gasteiger partial charge in [-0.1, -0.05) is 12.5 Å². The molecular weight excluding hydrogens is 280 g/mol. The predicted molar refractivity (Wildman–Crippen MR) is 79.0 cm³/mol. The highest BCUT2D eigenvalue weighted by Gasteiger charge is 2.18. The van der Waals surface area contributed by atoms with Crippen molar-refractivity contribution in [2.45, 2.75) is 42.9 Å². The molecule has 0 saturated carbocycles. The van der Waals surface area contributed by atoms with Crippen molar-refractivity contribution in [3.05, 3.63) is 17.5 Å². The van der Waals surface area contributed by atoms with Gasteiger partial charge < -0.3 is 4.90 Å². The Kier molecular flexibility index (Phi) is 5.38. The van der Waals surface area contributed by atoms with Crippen LogP contribution < -0.4 is 4.72 Å². The highest BCUT2D eigenvalue weighted by Crippen LogP contribution is 2.17. The number of hydrogen-bond donors (Lipinski definition) is 1. The van der Waals surface area contributed by atoms with Gasteiger partial charge in [0.15, 0.2) is 0 Å². The fourth-order valence-corrected chi connectivity index (χ4v) is 4.58. The second-order valence-corrected chi connectivity index (χ2v) is 8.01. The number of hydrogen-bond acceptors (Lipinski definition) is 4. The van der Waals surface area contributed by atoms with E-state index in [0.717, 1.165) is 19.5 Å². The first kappa shape index (κ1) is 15.0. The molecule has 2 rings (SSSR count). The van der Waals surface area contributed by atoms with Gasteiger partial charge in [-0.2, -0.15) is 0 Å². The Morgan fingerprint density at radius 3 is 3.00 bits per heavy atom. The van der Waals surface area contributed by atoms with E-state index in [1.54, 1.807) is 17.5 Å². The molecular formula is C13H22N2O2S2. The molecule has 1 aliphatic rings. The molecule has 1 saturated heterocycles. The molecule has 1 unspecified atom stereocenters. The lowest BCUT2D eigenvalue weighted by atomic mass is 10.0. The van der Waals surface area contributed by atoms with Crippen LogP contribution in [0.2, 0.25) is 0 Å². The number of thiophene rings is 1. The quantitative estimate of drug-likeness (QED) is 0.820. The summed E-state index contributed by atoms with van der Waals surface area (Å²) in [7, 11) is -3.28. The topological polar surface area (TPSA) is 49.4 Å². The van der Waals surface area contributed by atoms with Crippen LogP contribution >= 0.6 is 11.3 Å². The fraction of sp³-hybridized carbons (Fsp3) is 0.692. The van der Waals surface area contributed by atoms with Crippen molar-refractivity contribution in [3.8, 4) is 0 Å². The molecule has 1 fully saturated rings. The van der Waals surface area contributed by atoms with Crippen LogP contribution in [0.15, 0.2) is 21.7 Å². The van der Waals surface area contributed by atoms with Crippen LogP contribution in [0.5, 0.6) is 0 Å². The maximum absolute atomic E-state index is 11.9. The third-order valence-electron chi connectivity index (χ3n) is 3.61. The molecule has 2 heterocycles. The van der Waals surface area contributed by atoms with E-state index in [1.165, 1.54) is 30.6 Å². The van der Waals surface area contributed by atoms with E-state index in [0.29, 0.717) is 16.8 Å². The number of rotatable bonds is 6. The van der Waals surface area contributed by atoms with Crippen molar-refractivity contribution < 1.29 is 8.42 Å². The highest BCUT2D eigenvalue weighted by molar-refractivity contribution is 7.91. The van der Waals surface area contributed by atoms with Crippen LogP contribution in [0, 0.1) is 0 Å². The Balaban J connectivity index is 1.72. The van der Waals surface area contributed by atoms with Crippen molar-refractivity contribution >= 4 is 21.4 Å². The van der Waals surface area contributed by atoms with Crippen LogP contribution in [-0.2, 0) is 10.0 Å². The summed E-state index contributed by atoms with van der Waals surface area (Å²) in [5.41, 5.74) is 0. The molecule has 0 bridgehead atoms. The summed E-state index contributed by atoms with van der Waals surface area (Å²) < 4.78 is 26.9. The molecule has 0 amide bonds. The average molecular weight is 302 g/mol. The monoisotopic (exact) mass is 302 g/mol. The van der Waals surface area contributed by atoms with E-state index in [9.17, 15) is 8.42 Å². The summed E-state index contributed by atoms with van der Waals surface area (Å²) in [5.74, 6) is 0. The summed E-state index contributed by atoms with van der Waals surface area (Å²) in [5, 5.41) is 1.78. The Bertz CT molecular complexity index is 471. The van der Waals surface area contributed by atoms with Gasteiger partial charge in [-0.3, -0.25) is 0 Å². The zero-order chi connectivity index (χ0) is 13.7.